The van der Waals surface area contributed by atoms with Crippen LogP contribution in [0.25, 0.3) is 0 Å². The number of carboxylic acid groups (broad SMARTS) is 1. The van der Waals surface area contributed by atoms with Crippen LogP contribution in [0.1, 0.15) is 33.3 Å². The molecule has 2 N–H and O–H groups in total. The van der Waals surface area contributed by atoms with Crippen molar-refractivity contribution in [1.29, 1.82) is 0 Å². The van der Waals surface area contributed by atoms with E-state index in [1.807, 2.05) is 38.1 Å². The summed E-state index contributed by atoms with van der Waals surface area (Å²) in [6.45, 7) is 9.63. The Hall–Kier alpha value is -2.04. The largest absolute Gasteiger partial charge is 0.480 e. The van der Waals surface area contributed by atoms with Gasteiger partial charge < -0.3 is 10.4 Å². The zero-order chi connectivity index (χ0) is 16.2. The topological polar surface area (TPSA) is 69.6 Å². The first-order chi connectivity index (χ1) is 9.66. The number of carbonyl (C=O) groups excluding carboxylic acids is 1. The predicted molar refractivity (Wildman–Crippen MR) is 83.6 cm³/mol. The molecule has 1 aromatic carbocycles. The molecule has 5 nitrogen and oxygen atoms in total. The van der Waals surface area contributed by atoms with Gasteiger partial charge in [-0.25, -0.2) is 9.59 Å². The third kappa shape index (κ3) is 4.48. The Balaban J connectivity index is 2.96. The van der Waals surface area contributed by atoms with Crippen molar-refractivity contribution in [3.05, 3.63) is 29.8 Å². The molecule has 5 heteroatoms. The quantitative estimate of drug-likeness (QED) is 0.896. The summed E-state index contributed by atoms with van der Waals surface area (Å²) in [5, 5.41) is 11.9. The van der Waals surface area contributed by atoms with Gasteiger partial charge in [0.1, 0.15) is 6.04 Å². The first-order valence-electron chi connectivity index (χ1n) is 7.04. The fourth-order valence-electron chi connectivity index (χ4n) is 2.09. The van der Waals surface area contributed by atoms with Gasteiger partial charge in [-0.1, -0.05) is 32.9 Å². The number of amides is 2. The van der Waals surface area contributed by atoms with E-state index in [-0.39, 0.29) is 0 Å². The van der Waals surface area contributed by atoms with E-state index in [0.29, 0.717) is 6.54 Å². The minimum Gasteiger partial charge on any atom is -0.480 e. The van der Waals surface area contributed by atoms with Crippen LogP contribution in [-0.2, 0) is 4.79 Å². The van der Waals surface area contributed by atoms with Gasteiger partial charge in [0.15, 0.2) is 0 Å². The SMILES string of the molecule is CCN(C(=O)NC(C(=O)O)C(C)(C)C)c1cccc(C)c1. The molecule has 1 rings (SSSR count). The van der Waals surface area contributed by atoms with Crippen LogP contribution >= 0.6 is 0 Å². The van der Waals surface area contributed by atoms with Gasteiger partial charge in [-0.2, -0.15) is 0 Å². The van der Waals surface area contributed by atoms with Crippen molar-refractivity contribution < 1.29 is 14.7 Å². The predicted octanol–water partition coefficient (Wildman–Crippen LogP) is 3.03. The number of nitrogens with zero attached hydrogens (tertiary/aromatic N) is 1. The van der Waals surface area contributed by atoms with E-state index in [0.717, 1.165) is 11.3 Å². The smallest absolute Gasteiger partial charge is 0.326 e. The van der Waals surface area contributed by atoms with E-state index in [1.165, 1.54) is 4.90 Å². The zero-order valence-electron chi connectivity index (χ0n) is 13.3. The standard InChI is InChI=1S/C16H24N2O3/c1-6-18(12-9-7-8-11(2)10-12)15(21)17-13(14(19)20)16(3,4)5/h7-10,13H,6H2,1-5H3,(H,17,21)(H,19,20). The molecule has 0 aliphatic heterocycles. The zero-order valence-corrected chi connectivity index (χ0v) is 13.3. The molecule has 1 aromatic rings. The van der Waals surface area contributed by atoms with E-state index >= 15 is 0 Å². The third-order valence-electron chi connectivity index (χ3n) is 3.26. The number of hydrogen-bond acceptors (Lipinski definition) is 2. The van der Waals surface area contributed by atoms with Gasteiger partial charge >= 0.3 is 12.0 Å². The van der Waals surface area contributed by atoms with Crippen LogP contribution in [0, 0.1) is 12.3 Å². The van der Waals surface area contributed by atoms with E-state index in [9.17, 15) is 14.7 Å². The molecule has 0 heterocycles. The normalized spacial score (nSPS) is 12.6. The highest BCUT2D eigenvalue weighted by Gasteiger charge is 2.33. The Labute approximate surface area is 126 Å². The van der Waals surface area contributed by atoms with Gasteiger partial charge in [-0.3, -0.25) is 4.90 Å². The van der Waals surface area contributed by atoms with Crippen LogP contribution in [0.4, 0.5) is 10.5 Å². The van der Waals surface area contributed by atoms with Gasteiger partial charge in [0.2, 0.25) is 0 Å². The lowest BCUT2D eigenvalue weighted by Gasteiger charge is -2.30. The second-order valence-corrected chi connectivity index (χ2v) is 6.17. The molecular formula is C16H24N2O3. The van der Waals surface area contributed by atoms with E-state index in [2.05, 4.69) is 5.32 Å². The molecule has 0 saturated heterocycles. The van der Waals surface area contributed by atoms with Crippen molar-refractivity contribution in [2.75, 3.05) is 11.4 Å². The molecule has 0 bridgehead atoms. The lowest BCUT2D eigenvalue weighted by Crippen LogP contribution is -2.53. The third-order valence-corrected chi connectivity index (χ3v) is 3.26. The number of urea groups is 1. The van der Waals surface area contributed by atoms with Gasteiger partial charge in [0.25, 0.3) is 0 Å². The minimum atomic E-state index is -1.03. The molecule has 0 aromatic heterocycles. The molecule has 1 atom stereocenters. The van der Waals surface area contributed by atoms with Crippen LogP contribution in [0.3, 0.4) is 0 Å². The summed E-state index contributed by atoms with van der Waals surface area (Å²) in [5.74, 6) is -1.03. The number of nitrogens with one attached hydrogen (secondary N) is 1. The first-order valence-corrected chi connectivity index (χ1v) is 7.04. The summed E-state index contributed by atoms with van der Waals surface area (Å²) in [6, 6.07) is 6.22. The highest BCUT2D eigenvalue weighted by Crippen LogP contribution is 2.21. The maximum Gasteiger partial charge on any atom is 0.326 e. The average molecular weight is 292 g/mol. The Morgan fingerprint density at radius 3 is 2.38 bits per heavy atom. The number of benzene rings is 1. The fourth-order valence-corrected chi connectivity index (χ4v) is 2.09. The monoisotopic (exact) mass is 292 g/mol. The summed E-state index contributed by atoms with van der Waals surface area (Å²) < 4.78 is 0. The van der Waals surface area contributed by atoms with E-state index in [1.54, 1.807) is 20.8 Å². The molecule has 21 heavy (non-hydrogen) atoms. The Kier molecular flexibility index (Phi) is 5.35. The number of carboxylic acids is 1. The van der Waals surface area contributed by atoms with Gasteiger partial charge in [-0.15, -0.1) is 0 Å². The molecule has 116 valence electrons. The molecule has 0 fully saturated rings. The molecule has 0 aliphatic carbocycles. The number of anilines is 1. The Morgan fingerprint density at radius 2 is 1.95 bits per heavy atom. The molecule has 0 spiro atoms. The van der Waals surface area contributed by atoms with Crippen molar-refractivity contribution in [1.82, 2.24) is 5.32 Å². The molecule has 0 saturated carbocycles. The number of aryl methyl sites for hydroxylation is 1. The second kappa shape index (κ2) is 6.61. The summed E-state index contributed by atoms with van der Waals surface area (Å²) in [5.41, 5.74) is 1.24. The first kappa shape index (κ1) is 17.0. The maximum absolute atomic E-state index is 12.4. The van der Waals surface area contributed by atoms with Crippen LogP contribution in [0.15, 0.2) is 24.3 Å². The maximum atomic E-state index is 12.4. The van der Waals surface area contributed by atoms with Gasteiger partial charge in [0.05, 0.1) is 0 Å². The number of aliphatic carboxylic acids is 1. The molecule has 0 aliphatic rings. The average Bonchev–Trinajstić information content (AvgIpc) is 2.35. The van der Waals surface area contributed by atoms with Crippen LogP contribution in [0.2, 0.25) is 0 Å². The highest BCUT2D eigenvalue weighted by atomic mass is 16.4. The second-order valence-electron chi connectivity index (χ2n) is 6.17. The lowest BCUT2D eigenvalue weighted by molar-refractivity contribution is -0.141. The Morgan fingerprint density at radius 1 is 1.33 bits per heavy atom. The van der Waals surface area contributed by atoms with Gasteiger partial charge in [-0.05, 0) is 37.0 Å². The van der Waals surface area contributed by atoms with Crippen molar-refractivity contribution in [3.63, 3.8) is 0 Å². The number of hydrogen-bond donors (Lipinski definition) is 2. The molecule has 2 amide bonds. The lowest BCUT2D eigenvalue weighted by atomic mass is 9.87. The van der Waals surface area contributed by atoms with Crippen molar-refractivity contribution in [3.8, 4) is 0 Å². The van der Waals surface area contributed by atoms with Gasteiger partial charge in [0, 0.05) is 12.2 Å². The van der Waals surface area contributed by atoms with Crippen LogP contribution in [-0.4, -0.2) is 29.7 Å². The van der Waals surface area contributed by atoms with Crippen LogP contribution < -0.4 is 10.2 Å². The minimum absolute atomic E-state index is 0.398. The van der Waals surface area contributed by atoms with Crippen LogP contribution in [0.5, 0.6) is 0 Å². The highest BCUT2D eigenvalue weighted by molar-refractivity contribution is 5.94. The molecule has 0 radical (unpaired) electrons. The number of carbonyl (C=O) groups is 2. The molecular weight excluding hydrogens is 268 g/mol. The van der Waals surface area contributed by atoms with E-state index in [4.69, 9.17) is 0 Å². The van der Waals surface area contributed by atoms with E-state index < -0.39 is 23.5 Å². The van der Waals surface area contributed by atoms with Crippen molar-refractivity contribution in [2.45, 2.75) is 40.7 Å². The summed E-state index contributed by atoms with van der Waals surface area (Å²) in [6.07, 6.45) is 0. The summed E-state index contributed by atoms with van der Waals surface area (Å²) >= 11 is 0. The fraction of sp³-hybridized carbons (Fsp3) is 0.500. The number of rotatable bonds is 4. The van der Waals surface area contributed by atoms with Crippen molar-refractivity contribution in [2.24, 2.45) is 5.41 Å². The molecule has 1 unspecified atom stereocenters. The Bertz CT molecular complexity index is 520. The summed E-state index contributed by atoms with van der Waals surface area (Å²) in [7, 11) is 0. The van der Waals surface area contributed by atoms with Crippen molar-refractivity contribution >= 4 is 17.7 Å². The summed E-state index contributed by atoms with van der Waals surface area (Å²) in [4.78, 5) is 25.3.